The summed E-state index contributed by atoms with van der Waals surface area (Å²) in [6.07, 6.45) is 0. The monoisotopic (exact) mass is 440 g/mol. The van der Waals surface area contributed by atoms with E-state index in [1.807, 2.05) is 31.2 Å². The Hall–Kier alpha value is -2.77. The van der Waals surface area contributed by atoms with Crippen molar-refractivity contribution in [3.8, 4) is 0 Å². The van der Waals surface area contributed by atoms with Crippen LogP contribution in [0.3, 0.4) is 0 Å². The molecule has 0 saturated carbocycles. The quantitative estimate of drug-likeness (QED) is 0.514. The number of rotatable bonds is 7. The zero-order chi connectivity index (χ0) is 21.7. The average molecular weight is 441 g/mol. The van der Waals surface area contributed by atoms with Crippen molar-refractivity contribution in [2.24, 2.45) is 0 Å². The summed E-state index contributed by atoms with van der Waals surface area (Å²) in [6.45, 7) is 3.87. The van der Waals surface area contributed by atoms with E-state index in [1.165, 1.54) is 11.4 Å². The van der Waals surface area contributed by atoms with E-state index in [0.29, 0.717) is 11.3 Å². The standard InChI is InChI=1S/C23H24N2O3S2/c1-4-29-22-13-9-8-12-20(22)24-23(26)18-15-14-17(2)21(16-18)25(3)30(27,28)19-10-6-5-7-11-19/h5-16H,4H2,1-3H3,(H,24,26). The summed E-state index contributed by atoms with van der Waals surface area (Å²) < 4.78 is 27.2. The number of carbonyl (C=O) groups is 1. The number of para-hydroxylation sites is 1. The summed E-state index contributed by atoms with van der Waals surface area (Å²) in [5, 5.41) is 2.94. The third kappa shape index (κ3) is 4.68. The molecule has 0 unspecified atom stereocenters. The number of hydrogen-bond donors (Lipinski definition) is 1. The van der Waals surface area contributed by atoms with E-state index in [9.17, 15) is 13.2 Å². The Bertz CT molecular complexity index is 1150. The fourth-order valence-electron chi connectivity index (χ4n) is 3.02. The number of hydrogen-bond acceptors (Lipinski definition) is 4. The molecule has 30 heavy (non-hydrogen) atoms. The molecule has 5 nitrogen and oxygen atoms in total. The average Bonchev–Trinajstić information content (AvgIpc) is 2.75. The fourth-order valence-corrected chi connectivity index (χ4v) is 5.05. The molecule has 1 amide bonds. The van der Waals surface area contributed by atoms with Gasteiger partial charge in [-0.1, -0.05) is 43.3 Å². The fraction of sp³-hybridized carbons (Fsp3) is 0.174. The summed E-state index contributed by atoms with van der Waals surface area (Å²) in [5.41, 5.74) is 2.35. The molecule has 0 heterocycles. The number of nitrogens with zero attached hydrogens (tertiary/aromatic N) is 1. The topological polar surface area (TPSA) is 66.5 Å². The van der Waals surface area contributed by atoms with Crippen LogP contribution >= 0.6 is 11.8 Å². The molecular formula is C23H24N2O3S2. The van der Waals surface area contributed by atoms with Gasteiger partial charge < -0.3 is 5.32 Å². The van der Waals surface area contributed by atoms with Gasteiger partial charge in [0.2, 0.25) is 0 Å². The predicted molar refractivity (Wildman–Crippen MR) is 124 cm³/mol. The molecule has 1 N–H and O–H groups in total. The van der Waals surface area contributed by atoms with Gasteiger partial charge in [0.05, 0.1) is 16.3 Å². The van der Waals surface area contributed by atoms with E-state index < -0.39 is 10.0 Å². The molecule has 0 saturated heterocycles. The van der Waals surface area contributed by atoms with E-state index in [1.54, 1.807) is 60.3 Å². The minimum absolute atomic E-state index is 0.201. The molecule has 7 heteroatoms. The van der Waals surface area contributed by atoms with E-state index in [2.05, 4.69) is 12.2 Å². The Kier molecular flexibility index (Phi) is 6.84. The first-order chi connectivity index (χ1) is 14.3. The first-order valence-electron chi connectivity index (χ1n) is 9.52. The Morgan fingerprint density at radius 2 is 1.67 bits per heavy atom. The molecule has 0 fully saturated rings. The molecule has 3 aromatic carbocycles. The Morgan fingerprint density at radius 3 is 2.37 bits per heavy atom. The molecule has 3 aromatic rings. The molecule has 0 spiro atoms. The van der Waals surface area contributed by atoms with E-state index in [0.717, 1.165) is 21.9 Å². The van der Waals surface area contributed by atoms with Crippen LogP contribution < -0.4 is 9.62 Å². The van der Waals surface area contributed by atoms with Gasteiger partial charge in [0.15, 0.2) is 0 Å². The lowest BCUT2D eigenvalue weighted by atomic mass is 10.1. The third-order valence-electron chi connectivity index (χ3n) is 4.65. The second kappa shape index (κ2) is 9.36. The Morgan fingerprint density at radius 1 is 1.00 bits per heavy atom. The van der Waals surface area contributed by atoms with Crippen molar-refractivity contribution in [3.05, 3.63) is 83.9 Å². The van der Waals surface area contributed by atoms with Crippen LogP contribution in [0.4, 0.5) is 11.4 Å². The van der Waals surface area contributed by atoms with Gasteiger partial charge in [0.25, 0.3) is 15.9 Å². The molecule has 0 aliphatic carbocycles. The second-order valence-electron chi connectivity index (χ2n) is 6.67. The molecule has 0 aliphatic heterocycles. The number of benzene rings is 3. The number of nitrogens with one attached hydrogen (secondary N) is 1. The molecule has 0 radical (unpaired) electrons. The van der Waals surface area contributed by atoms with E-state index in [4.69, 9.17) is 0 Å². The number of aryl methyl sites for hydroxylation is 1. The lowest BCUT2D eigenvalue weighted by Gasteiger charge is -2.22. The minimum atomic E-state index is -3.73. The third-order valence-corrected chi connectivity index (χ3v) is 7.39. The molecule has 156 valence electrons. The van der Waals surface area contributed by atoms with Crippen molar-refractivity contribution in [2.75, 3.05) is 22.4 Å². The molecule has 3 rings (SSSR count). The van der Waals surface area contributed by atoms with Crippen LogP contribution in [0.5, 0.6) is 0 Å². The van der Waals surface area contributed by atoms with Gasteiger partial charge in [-0.25, -0.2) is 8.42 Å². The zero-order valence-electron chi connectivity index (χ0n) is 17.1. The molecule has 0 bridgehead atoms. The lowest BCUT2D eigenvalue weighted by molar-refractivity contribution is 0.102. The summed E-state index contributed by atoms with van der Waals surface area (Å²) in [4.78, 5) is 14.1. The summed E-state index contributed by atoms with van der Waals surface area (Å²) in [5.74, 6) is 0.606. The van der Waals surface area contributed by atoms with E-state index >= 15 is 0 Å². The van der Waals surface area contributed by atoms with Crippen molar-refractivity contribution >= 4 is 39.1 Å². The van der Waals surface area contributed by atoms with Crippen molar-refractivity contribution in [3.63, 3.8) is 0 Å². The highest BCUT2D eigenvalue weighted by molar-refractivity contribution is 7.99. The highest BCUT2D eigenvalue weighted by Gasteiger charge is 2.23. The first-order valence-corrected chi connectivity index (χ1v) is 11.9. The molecular weight excluding hydrogens is 416 g/mol. The van der Waals surface area contributed by atoms with Gasteiger partial charge in [-0.05, 0) is 54.6 Å². The normalized spacial score (nSPS) is 11.2. The Balaban J connectivity index is 1.91. The minimum Gasteiger partial charge on any atom is -0.321 e. The van der Waals surface area contributed by atoms with Crippen LogP contribution in [0, 0.1) is 6.92 Å². The van der Waals surface area contributed by atoms with Crippen LogP contribution in [0.25, 0.3) is 0 Å². The highest BCUT2D eigenvalue weighted by atomic mass is 32.2. The van der Waals surface area contributed by atoms with Crippen LogP contribution in [0.15, 0.2) is 82.6 Å². The first kappa shape index (κ1) is 21.9. The van der Waals surface area contributed by atoms with Gasteiger partial charge in [-0.3, -0.25) is 9.10 Å². The van der Waals surface area contributed by atoms with E-state index in [-0.39, 0.29) is 10.8 Å². The lowest BCUT2D eigenvalue weighted by Crippen LogP contribution is -2.27. The maximum absolute atomic E-state index is 13.0. The van der Waals surface area contributed by atoms with Crippen LogP contribution in [-0.4, -0.2) is 27.1 Å². The van der Waals surface area contributed by atoms with Gasteiger partial charge in [0.1, 0.15) is 0 Å². The SMILES string of the molecule is CCSc1ccccc1NC(=O)c1ccc(C)c(N(C)S(=O)(=O)c2ccccc2)c1. The van der Waals surface area contributed by atoms with Gasteiger partial charge >= 0.3 is 0 Å². The van der Waals surface area contributed by atoms with Crippen LogP contribution in [0.2, 0.25) is 0 Å². The van der Waals surface area contributed by atoms with Gasteiger partial charge in [-0.2, -0.15) is 0 Å². The van der Waals surface area contributed by atoms with Crippen LogP contribution in [0.1, 0.15) is 22.8 Å². The van der Waals surface area contributed by atoms with Crippen molar-refractivity contribution in [1.82, 2.24) is 0 Å². The molecule has 0 atom stereocenters. The Labute approximate surface area is 182 Å². The predicted octanol–water partition coefficient (Wildman–Crippen LogP) is 5.18. The highest BCUT2D eigenvalue weighted by Crippen LogP contribution is 2.29. The second-order valence-corrected chi connectivity index (χ2v) is 9.95. The summed E-state index contributed by atoms with van der Waals surface area (Å²) in [6, 6.07) is 20.9. The maximum atomic E-state index is 13.0. The number of carbonyl (C=O) groups excluding carboxylic acids is 1. The smallest absolute Gasteiger partial charge is 0.264 e. The van der Waals surface area contributed by atoms with Crippen LogP contribution in [-0.2, 0) is 10.0 Å². The molecule has 0 aromatic heterocycles. The number of thioether (sulfide) groups is 1. The number of anilines is 2. The summed E-state index contributed by atoms with van der Waals surface area (Å²) >= 11 is 1.65. The zero-order valence-corrected chi connectivity index (χ0v) is 18.8. The van der Waals surface area contributed by atoms with Gasteiger partial charge in [-0.15, -0.1) is 11.8 Å². The van der Waals surface area contributed by atoms with Crippen molar-refractivity contribution < 1.29 is 13.2 Å². The maximum Gasteiger partial charge on any atom is 0.264 e. The number of sulfonamides is 1. The van der Waals surface area contributed by atoms with Crippen molar-refractivity contribution in [2.45, 2.75) is 23.6 Å². The summed E-state index contributed by atoms with van der Waals surface area (Å²) in [7, 11) is -2.23. The van der Waals surface area contributed by atoms with Crippen molar-refractivity contribution in [1.29, 1.82) is 0 Å². The largest absolute Gasteiger partial charge is 0.321 e. The number of amides is 1. The molecule has 0 aliphatic rings. The van der Waals surface area contributed by atoms with Gasteiger partial charge in [0, 0.05) is 17.5 Å².